The molecule has 2 aromatic carbocycles. The van der Waals surface area contributed by atoms with Crippen LogP contribution in [0.2, 0.25) is 0 Å². The molecule has 192 valence electrons. The van der Waals surface area contributed by atoms with Crippen LogP contribution >= 0.6 is 15.9 Å². The van der Waals surface area contributed by atoms with Gasteiger partial charge in [0.2, 0.25) is 5.60 Å². The first kappa shape index (κ1) is 25.1. The Bertz CT molecular complexity index is 1140. The van der Waals surface area contributed by atoms with Crippen LogP contribution in [-0.2, 0) is 15.2 Å². The third kappa shape index (κ3) is 4.98. The standard InChI is InChI=1S/C28H33BrN2O5/c1-27(26(32)31-15-13-28(33,14-16-31)20-8-10-21(29)11-9-20)18-23(30-36-27)19-7-12-24(34-2)25(17-19)35-22-5-3-4-6-22/h7-12,17,22,33H,3-6,13-16,18H2,1-2H3. The van der Waals surface area contributed by atoms with Crippen LogP contribution in [0.4, 0.5) is 0 Å². The largest absolute Gasteiger partial charge is 0.493 e. The van der Waals surface area contributed by atoms with Crippen LogP contribution < -0.4 is 9.47 Å². The molecule has 2 heterocycles. The summed E-state index contributed by atoms with van der Waals surface area (Å²) in [6.45, 7) is 2.71. The Balaban J connectivity index is 1.24. The van der Waals surface area contributed by atoms with E-state index in [1.54, 1.807) is 18.9 Å². The number of hydrogen-bond donors (Lipinski definition) is 1. The smallest absolute Gasteiger partial charge is 0.269 e. The summed E-state index contributed by atoms with van der Waals surface area (Å²) >= 11 is 3.44. The number of carbonyl (C=O) groups is 1. The van der Waals surface area contributed by atoms with E-state index < -0.39 is 11.2 Å². The number of carbonyl (C=O) groups excluding carboxylic acids is 1. The van der Waals surface area contributed by atoms with Gasteiger partial charge in [0.25, 0.3) is 5.91 Å². The summed E-state index contributed by atoms with van der Waals surface area (Å²) in [5, 5.41) is 15.5. The van der Waals surface area contributed by atoms with Gasteiger partial charge in [-0.25, -0.2) is 0 Å². The maximum atomic E-state index is 13.5. The first-order valence-corrected chi connectivity index (χ1v) is 13.5. The number of aliphatic hydroxyl groups is 1. The fourth-order valence-electron chi connectivity index (χ4n) is 5.41. The molecule has 1 unspecified atom stereocenters. The van der Waals surface area contributed by atoms with Crippen molar-refractivity contribution in [3.8, 4) is 11.5 Å². The molecule has 1 saturated heterocycles. The van der Waals surface area contributed by atoms with Crippen molar-refractivity contribution in [2.24, 2.45) is 5.16 Å². The maximum Gasteiger partial charge on any atom is 0.269 e. The molecular formula is C28H33BrN2O5. The summed E-state index contributed by atoms with van der Waals surface area (Å²) in [6, 6.07) is 13.5. The van der Waals surface area contributed by atoms with E-state index in [-0.39, 0.29) is 12.0 Å². The summed E-state index contributed by atoms with van der Waals surface area (Å²) in [6.07, 6.45) is 6.00. The molecule has 1 saturated carbocycles. The zero-order valence-corrected chi connectivity index (χ0v) is 22.4. The lowest BCUT2D eigenvalue weighted by Gasteiger charge is -2.40. The molecule has 2 aromatic rings. The zero-order chi connectivity index (χ0) is 25.3. The molecule has 1 amide bonds. The van der Waals surface area contributed by atoms with Crippen LogP contribution in [0.1, 0.15) is 63.0 Å². The highest BCUT2D eigenvalue weighted by atomic mass is 79.9. The molecule has 0 aromatic heterocycles. The molecule has 0 radical (unpaired) electrons. The van der Waals surface area contributed by atoms with Crippen LogP contribution in [0.15, 0.2) is 52.1 Å². The number of nitrogens with zero attached hydrogens (tertiary/aromatic N) is 2. The van der Waals surface area contributed by atoms with Crippen LogP contribution in [0.3, 0.4) is 0 Å². The second-order valence-electron chi connectivity index (χ2n) is 10.3. The number of benzene rings is 2. The van der Waals surface area contributed by atoms with Crippen molar-refractivity contribution in [2.75, 3.05) is 20.2 Å². The summed E-state index contributed by atoms with van der Waals surface area (Å²) < 4.78 is 12.7. The third-order valence-corrected chi connectivity index (χ3v) is 8.20. The summed E-state index contributed by atoms with van der Waals surface area (Å²) in [5.74, 6) is 1.29. The summed E-state index contributed by atoms with van der Waals surface area (Å²) in [4.78, 5) is 21.0. The van der Waals surface area contributed by atoms with Crippen LogP contribution in [0, 0.1) is 0 Å². The summed E-state index contributed by atoms with van der Waals surface area (Å²) in [5.41, 5.74) is 0.447. The number of halogens is 1. The van der Waals surface area contributed by atoms with E-state index in [2.05, 4.69) is 21.1 Å². The first-order valence-electron chi connectivity index (χ1n) is 12.7. The van der Waals surface area contributed by atoms with E-state index in [0.29, 0.717) is 49.6 Å². The van der Waals surface area contributed by atoms with Crippen LogP contribution in [0.5, 0.6) is 11.5 Å². The van der Waals surface area contributed by atoms with Crippen molar-refractivity contribution in [2.45, 2.75) is 69.2 Å². The molecule has 8 heteroatoms. The molecule has 1 aliphatic carbocycles. The van der Waals surface area contributed by atoms with Gasteiger partial charge in [-0.1, -0.05) is 33.2 Å². The number of hydrogen-bond acceptors (Lipinski definition) is 6. The predicted molar refractivity (Wildman–Crippen MR) is 140 cm³/mol. The Hall–Kier alpha value is -2.58. The van der Waals surface area contributed by atoms with Gasteiger partial charge in [0.15, 0.2) is 11.5 Å². The topological polar surface area (TPSA) is 80.6 Å². The number of oxime groups is 1. The molecule has 2 fully saturated rings. The Morgan fingerprint density at radius 1 is 1.11 bits per heavy atom. The molecule has 1 N–H and O–H groups in total. The van der Waals surface area contributed by atoms with E-state index >= 15 is 0 Å². The molecule has 0 bridgehead atoms. The number of piperidine rings is 1. The van der Waals surface area contributed by atoms with E-state index in [1.165, 1.54) is 12.8 Å². The molecule has 2 aliphatic heterocycles. The quantitative estimate of drug-likeness (QED) is 0.530. The lowest BCUT2D eigenvalue weighted by Crippen LogP contribution is -2.52. The number of methoxy groups -OCH3 is 1. The highest BCUT2D eigenvalue weighted by molar-refractivity contribution is 9.10. The van der Waals surface area contributed by atoms with Gasteiger partial charge >= 0.3 is 0 Å². The molecule has 3 aliphatic rings. The maximum absolute atomic E-state index is 13.5. The van der Waals surface area contributed by atoms with Gasteiger partial charge in [-0.15, -0.1) is 0 Å². The van der Waals surface area contributed by atoms with E-state index in [0.717, 1.165) is 28.4 Å². The Labute approximate surface area is 220 Å². The van der Waals surface area contributed by atoms with Gasteiger partial charge in [0.1, 0.15) is 0 Å². The lowest BCUT2D eigenvalue weighted by atomic mass is 9.83. The monoisotopic (exact) mass is 556 g/mol. The summed E-state index contributed by atoms with van der Waals surface area (Å²) in [7, 11) is 1.64. The average Bonchev–Trinajstić information content (AvgIpc) is 3.55. The van der Waals surface area contributed by atoms with Gasteiger partial charge in [0, 0.05) is 29.5 Å². The van der Waals surface area contributed by atoms with E-state index in [1.807, 2.05) is 42.5 Å². The van der Waals surface area contributed by atoms with Crippen molar-refractivity contribution < 1.29 is 24.2 Å². The molecule has 36 heavy (non-hydrogen) atoms. The predicted octanol–water partition coefficient (Wildman–Crippen LogP) is 5.17. The van der Waals surface area contributed by atoms with Gasteiger partial charge in [-0.05, 0) is 81.3 Å². The molecular weight excluding hydrogens is 524 g/mol. The molecule has 7 nitrogen and oxygen atoms in total. The fraction of sp³-hybridized carbons (Fsp3) is 0.500. The number of ether oxygens (including phenoxy) is 2. The van der Waals surface area contributed by atoms with Gasteiger partial charge in [0.05, 0.1) is 24.5 Å². The van der Waals surface area contributed by atoms with E-state index in [4.69, 9.17) is 14.3 Å². The minimum atomic E-state index is -1.07. The Kier molecular flexibility index (Phi) is 7.01. The third-order valence-electron chi connectivity index (χ3n) is 7.67. The Morgan fingerprint density at radius 2 is 1.81 bits per heavy atom. The van der Waals surface area contributed by atoms with Gasteiger partial charge < -0.3 is 24.3 Å². The second-order valence-corrected chi connectivity index (χ2v) is 11.2. The van der Waals surface area contributed by atoms with E-state index in [9.17, 15) is 9.90 Å². The van der Waals surface area contributed by atoms with Crippen molar-refractivity contribution in [1.82, 2.24) is 4.90 Å². The van der Waals surface area contributed by atoms with Crippen molar-refractivity contribution in [3.63, 3.8) is 0 Å². The highest BCUT2D eigenvalue weighted by Crippen LogP contribution is 2.38. The fourth-order valence-corrected chi connectivity index (χ4v) is 5.67. The highest BCUT2D eigenvalue weighted by Gasteiger charge is 2.47. The zero-order valence-electron chi connectivity index (χ0n) is 20.8. The normalized spacial score (nSPS) is 23.8. The lowest BCUT2D eigenvalue weighted by molar-refractivity contribution is -0.157. The second kappa shape index (κ2) is 10.1. The molecule has 5 rings (SSSR count). The number of rotatable bonds is 6. The first-order chi connectivity index (χ1) is 17.3. The minimum absolute atomic E-state index is 0.102. The number of amides is 1. The van der Waals surface area contributed by atoms with Gasteiger partial charge in [-0.3, -0.25) is 4.79 Å². The molecule has 0 spiro atoms. The Morgan fingerprint density at radius 3 is 2.47 bits per heavy atom. The van der Waals surface area contributed by atoms with Crippen LogP contribution in [0.25, 0.3) is 0 Å². The molecule has 1 atom stereocenters. The van der Waals surface area contributed by atoms with Crippen LogP contribution in [-0.4, -0.2) is 53.5 Å². The van der Waals surface area contributed by atoms with Crippen molar-refractivity contribution in [3.05, 3.63) is 58.1 Å². The van der Waals surface area contributed by atoms with Crippen molar-refractivity contribution in [1.29, 1.82) is 0 Å². The van der Waals surface area contributed by atoms with Gasteiger partial charge in [-0.2, -0.15) is 0 Å². The SMILES string of the molecule is COc1ccc(C2=NOC(C)(C(=O)N3CCC(O)(c4ccc(Br)cc4)CC3)C2)cc1OC1CCCC1. The minimum Gasteiger partial charge on any atom is -0.493 e. The average molecular weight is 557 g/mol. The van der Waals surface area contributed by atoms with Crippen molar-refractivity contribution >= 4 is 27.5 Å². The number of likely N-dealkylation sites (tertiary alicyclic amines) is 1.